The fraction of sp³-hybridized carbons (Fsp3) is 0. The van der Waals surface area contributed by atoms with Crippen molar-refractivity contribution in [3.63, 3.8) is 0 Å². The summed E-state index contributed by atoms with van der Waals surface area (Å²) in [5.41, 5.74) is 10.6. The average molecular weight is 636 g/mol. The van der Waals surface area contributed by atoms with Crippen molar-refractivity contribution in [1.82, 2.24) is 9.13 Å². The zero-order chi connectivity index (χ0) is 33.8. The number of para-hydroxylation sites is 4. The molecule has 0 unspecified atom stereocenters. The summed E-state index contributed by atoms with van der Waals surface area (Å²) in [6.07, 6.45) is 0. The quantitative estimate of drug-likeness (QED) is 0.193. The number of nitriles is 3. The summed E-state index contributed by atoms with van der Waals surface area (Å²) in [5.74, 6) is 0. The predicted octanol–water partition coefficient (Wildman–Crippen LogP) is 10.8. The van der Waals surface area contributed by atoms with Crippen molar-refractivity contribution in [2.45, 2.75) is 0 Å². The second kappa shape index (κ2) is 11.4. The van der Waals surface area contributed by atoms with E-state index in [1.807, 2.05) is 72.8 Å². The molecule has 0 aliphatic carbocycles. The molecule has 0 amide bonds. The van der Waals surface area contributed by atoms with Crippen molar-refractivity contribution in [2.24, 2.45) is 0 Å². The van der Waals surface area contributed by atoms with Gasteiger partial charge in [0.05, 0.1) is 50.5 Å². The Balaban J connectivity index is 1.32. The maximum Gasteiger partial charge on any atom is 0.101 e. The third-order valence-electron chi connectivity index (χ3n) is 9.65. The molecule has 5 heteroatoms. The van der Waals surface area contributed by atoms with Crippen LogP contribution in [0.25, 0.3) is 77.2 Å². The highest BCUT2D eigenvalue weighted by Gasteiger charge is 2.22. The van der Waals surface area contributed by atoms with E-state index in [1.165, 1.54) is 0 Å². The second-order valence-corrected chi connectivity index (χ2v) is 12.3. The molecule has 50 heavy (non-hydrogen) atoms. The SMILES string of the molecule is N#Cc1ccc2c(c1)c1ccccc1n2-c1cccc(-c2ccc(C#N)c(C#N)c2-c2ccccc2-n2c3ccccc3c3ccccc32)c1. The maximum absolute atomic E-state index is 10.7. The zero-order valence-corrected chi connectivity index (χ0v) is 26.7. The largest absolute Gasteiger partial charge is 0.309 e. The molecule has 0 saturated carbocycles. The van der Waals surface area contributed by atoms with E-state index in [1.54, 1.807) is 6.07 Å². The van der Waals surface area contributed by atoms with E-state index in [0.717, 1.165) is 71.7 Å². The predicted molar refractivity (Wildman–Crippen MR) is 200 cm³/mol. The number of nitrogens with zero attached hydrogens (tertiary/aromatic N) is 5. The molecule has 9 rings (SSSR count). The van der Waals surface area contributed by atoms with Crippen LogP contribution >= 0.6 is 0 Å². The Morgan fingerprint density at radius 3 is 1.72 bits per heavy atom. The van der Waals surface area contributed by atoms with E-state index in [4.69, 9.17) is 0 Å². The summed E-state index contributed by atoms with van der Waals surface area (Å²) in [6, 6.07) is 57.9. The first-order valence-corrected chi connectivity index (χ1v) is 16.3. The summed E-state index contributed by atoms with van der Waals surface area (Å²) < 4.78 is 4.48. The van der Waals surface area contributed by atoms with Crippen LogP contribution in [0.1, 0.15) is 16.7 Å². The van der Waals surface area contributed by atoms with Gasteiger partial charge in [0, 0.05) is 38.4 Å². The minimum absolute atomic E-state index is 0.329. The topological polar surface area (TPSA) is 81.2 Å². The Labute approximate surface area is 287 Å². The molecule has 0 radical (unpaired) electrons. The van der Waals surface area contributed by atoms with Gasteiger partial charge in [-0.25, -0.2) is 0 Å². The molecule has 0 bridgehead atoms. The lowest BCUT2D eigenvalue weighted by atomic mass is 9.87. The summed E-state index contributed by atoms with van der Waals surface area (Å²) in [4.78, 5) is 0. The van der Waals surface area contributed by atoms with E-state index in [9.17, 15) is 15.8 Å². The van der Waals surface area contributed by atoms with Gasteiger partial charge in [0.25, 0.3) is 0 Å². The number of hydrogen-bond donors (Lipinski definition) is 0. The van der Waals surface area contributed by atoms with E-state index in [0.29, 0.717) is 22.3 Å². The average Bonchev–Trinajstić information content (AvgIpc) is 3.70. The van der Waals surface area contributed by atoms with Crippen molar-refractivity contribution >= 4 is 43.6 Å². The third-order valence-corrected chi connectivity index (χ3v) is 9.65. The summed E-state index contributed by atoms with van der Waals surface area (Å²) in [7, 11) is 0. The van der Waals surface area contributed by atoms with E-state index >= 15 is 0 Å². The van der Waals surface area contributed by atoms with Crippen LogP contribution in [-0.4, -0.2) is 9.13 Å². The van der Waals surface area contributed by atoms with Crippen molar-refractivity contribution in [3.8, 4) is 51.8 Å². The van der Waals surface area contributed by atoms with Crippen LogP contribution in [0.15, 0.2) is 152 Å². The number of hydrogen-bond acceptors (Lipinski definition) is 3. The van der Waals surface area contributed by atoms with Gasteiger partial charge in [-0.3, -0.25) is 0 Å². The van der Waals surface area contributed by atoms with Gasteiger partial charge in [-0.05, 0) is 71.8 Å². The molecule has 5 nitrogen and oxygen atoms in total. The lowest BCUT2D eigenvalue weighted by Gasteiger charge is -2.19. The lowest BCUT2D eigenvalue weighted by Crippen LogP contribution is -2.01. The number of aromatic nitrogens is 2. The van der Waals surface area contributed by atoms with E-state index in [2.05, 4.69) is 100 Å². The molecule has 7 aromatic carbocycles. The maximum atomic E-state index is 10.7. The molecular weight excluding hydrogens is 611 g/mol. The first kappa shape index (κ1) is 28.8. The molecule has 0 N–H and O–H groups in total. The normalized spacial score (nSPS) is 11.1. The fourth-order valence-corrected chi connectivity index (χ4v) is 7.53. The molecule has 0 aliphatic rings. The molecule has 0 saturated heterocycles. The highest BCUT2D eigenvalue weighted by Crippen LogP contribution is 2.43. The van der Waals surface area contributed by atoms with Gasteiger partial charge in [0.15, 0.2) is 0 Å². The molecule has 0 atom stereocenters. The smallest absolute Gasteiger partial charge is 0.101 e. The fourth-order valence-electron chi connectivity index (χ4n) is 7.53. The Morgan fingerprint density at radius 2 is 1.04 bits per heavy atom. The molecule has 2 aromatic heterocycles. The van der Waals surface area contributed by atoms with Crippen LogP contribution in [0, 0.1) is 34.0 Å². The first-order chi connectivity index (χ1) is 24.7. The second-order valence-electron chi connectivity index (χ2n) is 12.3. The van der Waals surface area contributed by atoms with Crippen LogP contribution in [0.4, 0.5) is 0 Å². The monoisotopic (exact) mass is 635 g/mol. The Kier molecular flexibility index (Phi) is 6.56. The minimum atomic E-state index is 0.329. The Hall–Kier alpha value is -7.39. The Morgan fingerprint density at radius 1 is 0.420 bits per heavy atom. The zero-order valence-electron chi connectivity index (χ0n) is 26.7. The minimum Gasteiger partial charge on any atom is -0.309 e. The molecule has 0 aliphatic heterocycles. The van der Waals surface area contributed by atoms with Gasteiger partial charge in [-0.1, -0.05) is 91.0 Å². The van der Waals surface area contributed by atoms with Gasteiger partial charge in [-0.15, -0.1) is 0 Å². The van der Waals surface area contributed by atoms with Gasteiger partial charge < -0.3 is 9.13 Å². The van der Waals surface area contributed by atoms with Crippen LogP contribution in [0.5, 0.6) is 0 Å². The van der Waals surface area contributed by atoms with Gasteiger partial charge in [0.1, 0.15) is 12.1 Å². The van der Waals surface area contributed by atoms with Crippen LogP contribution in [0.3, 0.4) is 0 Å². The summed E-state index contributed by atoms with van der Waals surface area (Å²) >= 11 is 0. The molecule has 2 heterocycles. The molecule has 0 spiro atoms. The number of fused-ring (bicyclic) bond motifs is 6. The van der Waals surface area contributed by atoms with Gasteiger partial charge >= 0.3 is 0 Å². The summed E-state index contributed by atoms with van der Waals surface area (Å²) in [5, 5.41) is 34.9. The third kappa shape index (κ3) is 4.24. The van der Waals surface area contributed by atoms with Gasteiger partial charge in [0.2, 0.25) is 0 Å². The molecule has 0 fully saturated rings. The van der Waals surface area contributed by atoms with Crippen LogP contribution in [-0.2, 0) is 0 Å². The van der Waals surface area contributed by atoms with Crippen molar-refractivity contribution < 1.29 is 0 Å². The molecule has 230 valence electrons. The van der Waals surface area contributed by atoms with E-state index < -0.39 is 0 Å². The lowest BCUT2D eigenvalue weighted by molar-refractivity contribution is 1.18. The number of rotatable bonds is 4. The standard InChI is InChI=1S/C45H25N5/c46-26-29-20-23-44-38(24-29)36-14-3-5-16-40(36)49(44)32-11-9-10-30(25-32)33-22-21-31(27-47)39(28-48)45(33)37-15-4-8-19-43(37)50-41-17-6-1-12-34(41)35-13-2-7-18-42(35)50/h1-25H. The van der Waals surface area contributed by atoms with Crippen molar-refractivity contribution in [2.75, 3.05) is 0 Å². The summed E-state index contributed by atoms with van der Waals surface area (Å²) in [6.45, 7) is 0. The number of benzene rings is 7. The Bertz CT molecular complexity index is 2920. The first-order valence-electron chi connectivity index (χ1n) is 16.3. The van der Waals surface area contributed by atoms with Gasteiger partial charge in [-0.2, -0.15) is 15.8 Å². The van der Waals surface area contributed by atoms with Crippen LogP contribution < -0.4 is 0 Å². The molecule has 9 aromatic rings. The van der Waals surface area contributed by atoms with E-state index in [-0.39, 0.29) is 0 Å². The highest BCUT2D eigenvalue weighted by atomic mass is 15.0. The van der Waals surface area contributed by atoms with Crippen LogP contribution in [0.2, 0.25) is 0 Å². The molecular formula is C45H25N5. The van der Waals surface area contributed by atoms with Crippen molar-refractivity contribution in [1.29, 1.82) is 15.8 Å². The highest BCUT2D eigenvalue weighted by molar-refractivity contribution is 6.11. The van der Waals surface area contributed by atoms with Crippen molar-refractivity contribution in [3.05, 3.63) is 168 Å².